The third-order valence-electron chi connectivity index (χ3n) is 5.83. The van der Waals surface area contributed by atoms with Crippen LogP contribution in [0.15, 0.2) is 24.3 Å². The Kier molecular flexibility index (Phi) is 8.18. The van der Waals surface area contributed by atoms with Gasteiger partial charge in [-0.05, 0) is 24.5 Å². The Morgan fingerprint density at radius 2 is 1.69 bits per heavy atom. The van der Waals surface area contributed by atoms with Crippen molar-refractivity contribution >= 4 is 0 Å². The van der Waals surface area contributed by atoms with E-state index in [9.17, 15) is 29.2 Å². The summed E-state index contributed by atoms with van der Waals surface area (Å²) in [5, 5.41) is 43.9. The van der Waals surface area contributed by atoms with Crippen molar-refractivity contribution in [2.24, 2.45) is 0 Å². The van der Waals surface area contributed by atoms with Gasteiger partial charge in [0.15, 0.2) is 0 Å². The van der Waals surface area contributed by atoms with E-state index in [1.165, 1.54) is 4.68 Å². The van der Waals surface area contributed by atoms with E-state index in [0.717, 1.165) is 17.5 Å². The number of rotatable bonds is 9. The number of aryl methyl sites for hydroxylation is 1. The summed E-state index contributed by atoms with van der Waals surface area (Å²) in [7, 11) is 0. The van der Waals surface area contributed by atoms with E-state index in [0.29, 0.717) is 17.7 Å². The summed E-state index contributed by atoms with van der Waals surface area (Å²) >= 11 is 0. The lowest BCUT2D eigenvalue weighted by atomic mass is 9.99. The Hall–Kier alpha value is -2.11. The zero-order valence-electron chi connectivity index (χ0n) is 18.1. The van der Waals surface area contributed by atoms with E-state index in [1.54, 1.807) is 6.92 Å². The maximum absolute atomic E-state index is 13.4. The van der Waals surface area contributed by atoms with Crippen molar-refractivity contribution in [1.29, 1.82) is 0 Å². The highest BCUT2D eigenvalue weighted by molar-refractivity contribution is 5.37. The van der Waals surface area contributed by atoms with Crippen molar-refractivity contribution in [3.05, 3.63) is 46.6 Å². The van der Waals surface area contributed by atoms with Crippen LogP contribution in [-0.4, -0.2) is 80.9 Å². The van der Waals surface area contributed by atoms with Gasteiger partial charge >= 0.3 is 0 Å². The van der Waals surface area contributed by atoms with Gasteiger partial charge in [0.25, 0.3) is 0 Å². The zero-order valence-corrected chi connectivity index (χ0v) is 18.1. The molecule has 0 spiro atoms. The van der Waals surface area contributed by atoms with E-state index in [1.807, 2.05) is 31.2 Å². The summed E-state index contributed by atoms with van der Waals surface area (Å²) < 4.78 is 39.1. The summed E-state index contributed by atoms with van der Waals surface area (Å²) in [4.78, 5) is 0. The lowest BCUT2D eigenvalue weighted by Crippen LogP contribution is -2.60. The number of aliphatic hydroxyl groups is 4. The molecule has 0 aliphatic carbocycles. The van der Waals surface area contributed by atoms with E-state index in [2.05, 4.69) is 5.10 Å². The molecule has 1 saturated heterocycles. The minimum Gasteiger partial charge on any atom is -0.443 e. The molecule has 1 aromatic carbocycles. The fraction of sp³-hybridized carbons (Fsp3) is 0.591. The maximum Gasteiger partial charge on any atom is 0.239 e. The number of aromatic nitrogens is 2. The minimum absolute atomic E-state index is 0.0155. The number of nitrogens with zero attached hydrogens (tertiary/aromatic N) is 2. The molecule has 4 N–H and O–H groups in total. The molecule has 2 heterocycles. The van der Waals surface area contributed by atoms with Gasteiger partial charge in [-0.3, -0.25) is 4.68 Å². The number of benzene rings is 1. The average molecular weight is 456 g/mol. The fourth-order valence-corrected chi connectivity index (χ4v) is 3.72. The molecule has 178 valence electrons. The SMILES string of the molecule is CCc1ccc(Cc2c(O[C@H]3O[C@H](CO)[C@@H](O)[C@H](O)[C@H]3O)nn(C(CF)CF)c2C)cc1. The van der Waals surface area contributed by atoms with Crippen LogP contribution in [0, 0.1) is 6.92 Å². The number of hydrogen-bond acceptors (Lipinski definition) is 7. The third kappa shape index (κ3) is 4.94. The van der Waals surface area contributed by atoms with Crippen LogP contribution in [0.2, 0.25) is 0 Å². The Labute approximate surface area is 185 Å². The van der Waals surface area contributed by atoms with Crippen LogP contribution in [0.1, 0.15) is 35.3 Å². The molecular weight excluding hydrogens is 426 g/mol. The Bertz CT molecular complexity index is 872. The lowest BCUT2D eigenvalue weighted by molar-refractivity contribution is -0.278. The largest absolute Gasteiger partial charge is 0.443 e. The van der Waals surface area contributed by atoms with Crippen LogP contribution in [0.5, 0.6) is 5.88 Å². The molecule has 1 aliphatic heterocycles. The Morgan fingerprint density at radius 3 is 2.25 bits per heavy atom. The van der Waals surface area contributed by atoms with Crippen LogP contribution in [0.25, 0.3) is 0 Å². The van der Waals surface area contributed by atoms with Crippen LogP contribution >= 0.6 is 0 Å². The molecule has 32 heavy (non-hydrogen) atoms. The molecule has 5 atom stereocenters. The molecule has 10 heteroatoms. The van der Waals surface area contributed by atoms with Crippen molar-refractivity contribution in [2.45, 2.75) is 63.4 Å². The molecule has 3 rings (SSSR count). The van der Waals surface area contributed by atoms with Gasteiger partial charge in [-0.2, -0.15) is 0 Å². The van der Waals surface area contributed by atoms with Gasteiger partial charge < -0.3 is 29.9 Å². The number of ether oxygens (including phenoxy) is 2. The molecule has 1 aliphatic rings. The molecule has 0 radical (unpaired) electrons. The van der Waals surface area contributed by atoms with Crippen LogP contribution in [-0.2, 0) is 17.6 Å². The van der Waals surface area contributed by atoms with Gasteiger partial charge in [-0.1, -0.05) is 31.2 Å². The second-order valence-corrected chi connectivity index (χ2v) is 7.94. The normalized spacial score (nSPS) is 26.0. The van der Waals surface area contributed by atoms with E-state index in [4.69, 9.17) is 9.47 Å². The fourth-order valence-electron chi connectivity index (χ4n) is 3.72. The molecule has 0 saturated carbocycles. The van der Waals surface area contributed by atoms with Crippen LogP contribution < -0.4 is 4.74 Å². The first-order valence-electron chi connectivity index (χ1n) is 10.6. The number of halogens is 2. The lowest BCUT2D eigenvalue weighted by Gasteiger charge is -2.39. The maximum atomic E-state index is 13.4. The molecule has 1 aromatic heterocycles. The summed E-state index contributed by atoms with van der Waals surface area (Å²) in [5.74, 6) is -0.0155. The van der Waals surface area contributed by atoms with Gasteiger partial charge in [0, 0.05) is 17.7 Å². The summed E-state index contributed by atoms with van der Waals surface area (Å²) in [6.45, 7) is 1.16. The first-order valence-corrected chi connectivity index (χ1v) is 10.6. The quantitative estimate of drug-likeness (QED) is 0.445. The van der Waals surface area contributed by atoms with Gasteiger partial charge in [-0.25, -0.2) is 8.78 Å². The molecule has 0 unspecified atom stereocenters. The molecule has 1 fully saturated rings. The highest BCUT2D eigenvalue weighted by Crippen LogP contribution is 2.31. The standard InChI is InChI=1S/C22H30F2N2O6/c1-3-13-4-6-14(7-5-13)8-16-12(2)26(15(9-23)10-24)25-21(16)32-22-20(30)19(29)18(28)17(11-27)31-22/h4-7,15,17-20,22,27-30H,3,8-11H2,1-2H3/t17-,18-,19+,20-,22-/m1/s1. The second kappa shape index (κ2) is 10.7. The average Bonchev–Trinajstić information content (AvgIpc) is 3.10. The van der Waals surface area contributed by atoms with Crippen LogP contribution in [0.3, 0.4) is 0 Å². The monoisotopic (exact) mass is 456 g/mol. The number of hydrogen-bond donors (Lipinski definition) is 4. The summed E-state index contributed by atoms with van der Waals surface area (Å²) in [6.07, 6.45) is -6.17. The minimum atomic E-state index is -1.63. The number of alkyl halides is 2. The van der Waals surface area contributed by atoms with Crippen molar-refractivity contribution in [1.82, 2.24) is 9.78 Å². The van der Waals surface area contributed by atoms with Gasteiger partial charge in [0.1, 0.15) is 43.8 Å². The van der Waals surface area contributed by atoms with Crippen molar-refractivity contribution in [3.8, 4) is 5.88 Å². The zero-order chi connectivity index (χ0) is 23.4. The molecule has 2 aromatic rings. The van der Waals surface area contributed by atoms with Crippen molar-refractivity contribution < 1.29 is 38.7 Å². The predicted octanol–water partition coefficient (Wildman–Crippen LogP) is 1.00. The van der Waals surface area contributed by atoms with E-state index in [-0.39, 0.29) is 5.88 Å². The molecule has 0 amide bonds. The van der Waals surface area contributed by atoms with E-state index < -0.39 is 56.7 Å². The Morgan fingerprint density at radius 1 is 1.06 bits per heavy atom. The highest BCUT2D eigenvalue weighted by Gasteiger charge is 2.45. The first kappa shape index (κ1) is 24.5. The van der Waals surface area contributed by atoms with Gasteiger partial charge in [0.05, 0.1) is 6.61 Å². The highest BCUT2D eigenvalue weighted by atomic mass is 19.1. The first-order chi connectivity index (χ1) is 15.3. The second-order valence-electron chi connectivity index (χ2n) is 7.94. The molecule has 0 bridgehead atoms. The van der Waals surface area contributed by atoms with Crippen molar-refractivity contribution in [3.63, 3.8) is 0 Å². The van der Waals surface area contributed by atoms with Gasteiger partial charge in [0.2, 0.25) is 12.2 Å². The predicted molar refractivity (Wildman–Crippen MR) is 111 cm³/mol. The summed E-state index contributed by atoms with van der Waals surface area (Å²) in [5.41, 5.74) is 3.11. The van der Waals surface area contributed by atoms with Crippen molar-refractivity contribution in [2.75, 3.05) is 20.0 Å². The number of aliphatic hydroxyl groups excluding tert-OH is 4. The topological polar surface area (TPSA) is 117 Å². The van der Waals surface area contributed by atoms with Crippen LogP contribution in [0.4, 0.5) is 8.78 Å². The third-order valence-corrected chi connectivity index (χ3v) is 5.83. The summed E-state index contributed by atoms with van der Waals surface area (Å²) in [6, 6.07) is 6.71. The Balaban J connectivity index is 1.94. The smallest absolute Gasteiger partial charge is 0.239 e. The molecular formula is C22H30F2N2O6. The van der Waals surface area contributed by atoms with E-state index >= 15 is 0 Å². The van der Waals surface area contributed by atoms with Gasteiger partial charge in [-0.15, -0.1) is 5.10 Å². The molecule has 8 nitrogen and oxygen atoms in total.